The Hall–Kier alpha value is -3.19. The van der Waals surface area contributed by atoms with E-state index < -0.39 is 34.1 Å². The zero-order chi connectivity index (χ0) is 32.6. The third kappa shape index (κ3) is 9.41. The van der Waals surface area contributed by atoms with Crippen LogP contribution < -0.4 is 20.1 Å². The molecule has 248 valence electrons. The molecule has 1 unspecified atom stereocenters. The van der Waals surface area contributed by atoms with Gasteiger partial charge in [0.25, 0.3) is 0 Å². The van der Waals surface area contributed by atoms with Crippen molar-refractivity contribution in [2.45, 2.75) is 76.5 Å². The van der Waals surface area contributed by atoms with E-state index in [-0.39, 0.29) is 55.5 Å². The maximum Gasteiger partial charge on any atom is 0.243 e. The van der Waals surface area contributed by atoms with E-state index in [1.165, 1.54) is 16.4 Å². The lowest BCUT2D eigenvalue weighted by molar-refractivity contribution is -0.131. The molecule has 2 aliphatic heterocycles. The van der Waals surface area contributed by atoms with Gasteiger partial charge in [-0.15, -0.1) is 0 Å². The van der Waals surface area contributed by atoms with Crippen molar-refractivity contribution in [1.82, 2.24) is 19.8 Å². The summed E-state index contributed by atoms with van der Waals surface area (Å²) in [6.07, 6.45) is 1.78. The summed E-state index contributed by atoms with van der Waals surface area (Å²) in [7, 11) is -4.05. The highest BCUT2D eigenvalue weighted by Crippen LogP contribution is 2.35. The first-order chi connectivity index (χ1) is 21.5. The molecule has 3 N–H and O–H groups in total. The van der Waals surface area contributed by atoms with E-state index in [4.69, 9.17) is 9.47 Å². The number of amides is 2. The second kappa shape index (κ2) is 15.9. The van der Waals surface area contributed by atoms with Gasteiger partial charge in [0.1, 0.15) is 6.04 Å². The normalized spacial score (nSPS) is 17.7. The van der Waals surface area contributed by atoms with Crippen LogP contribution in [0, 0.1) is 11.8 Å². The van der Waals surface area contributed by atoms with Gasteiger partial charge < -0.3 is 25.2 Å². The zero-order valence-corrected chi connectivity index (χ0v) is 27.6. The molecule has 11 nitrogen and oxygen atoms in total. The molecule has 0 radical (unpaired) electrons. The average Bonchev–Trinajstić information content (AvgIpc) is 3.71. The number of carbonyl (C=O) groups is 2. The van der Waals surface area contributed by atoms with Crippen molar-refractivity contribution in [2.75, 3.05) is 39.5 Å². The van der Waals surface area contributed by atoms with Crippen molar-refractivity contribution < 1.29 is 32.6 Å². The standard InChI is InChI=1S/C33H48N4O7S/c1-5-24(4)32(35-31(39)21-36-15-9-10-16-36)33(40)34-27(17-25-11-7-6-8-12-25)28(38)20-37(19-23(2)3)45(41,42)26-13-14-29-30(18-26)44-22-43-29/h6-8,11-14,18,23-24,27-28,32,38H,5,9-10,15-17,19-22H2,1-4H3,(H,34,40)(H,35,39)/t24?,27-,28+,32-/m0/s1. The number of fused-ring (bicyclic) bond motifs is 1. The van der Waals surface area contributed by atoms with Crippen LogP contribution in [0.3, 0.4) is 0 Å². The Balaban J connectivity index is 1.55. The molecule has 0 spiro atoms. The average molecular weight is 645 g/mol. The summed E-state index contributed by atoms with van der Waals surface area (Å²) < 4.78 is 39.8. The molecule has 0 aliphatic carbocycles. The molecule has 2 amide bonds. The van der Waals surface area contributed by atoms with Crippen LogP contribution in [0.25, 0.3) is 0 Å². The lowest BCUT2D eigenvalue weighted by Crippen LogP contribution is -2.57. The predicted molar refractivity (Wildman–Crippen MR) is 171 cm³/mol. The zero-order valence-electron chi connectivity index (χ0n) is 26.8. The fourth-order valence-electron chi connectivity index (χ4n) is 5.69. The minimum Gasteiger partial charge on any atom is -0.454 e. The molecule has 2 aromatic carbocycles. The van der Waals surface area contributed by atoms with Crippen LogP contribution in [-0.2, 0) is 26.0 Å². The van der Waals surface area contributed by atoms with E-state index in [1.807, 2.05) is 58.0 Å². The monoisotopic (exact) mass is 644 g/mol. The molecule has 2 aromatic rings. The van der Waals surface area contributed by atoms with Crippen LogP contribution in [-0.4, -0.2) is 92.2 Å². The molecule has 1 fully saturated rings. The van der Waals surface area contributed by atoms with E-state index in [0.717, 1.165) is 31.5 Å². The van der Waals surface area contributed by atoms with Crippen LogP contribution in [0.4, 0.5) is 0 Å². The van der Waals surface area contributed by atoms with Gasteiger partial charge in [-0.05, 0) is 61.9 Å². The van der Waals surface area contributed by atoms with Crippen LogP contribution in [0.15, 0.2) is 53.4 Å². The minimum atomic E-state index is -4.05. The Morgan fingerprint density at radius 3 is 2.33 bits per heavy atom. The lowest BCUT2D eigenvalue weighted by Gasteiger charge is -2.32. The summed E-state index contributed by atoms with van der Waals surface area (Å²) in [5, 5.41) is 17.6. The largest absolute Gasteiger partial charge is 0.454 e. The molecule has 2 aliphatic rings. The molecule has 0 bridgehead atoms. The number of carbonyl (C=O) groups excluding carboxylic acids is 2. The molecule has 1 saturated heterocycles. The number of ether oxygens (including phenoxy) is 2. The lowest BCUT2D eigenvalue weighted by atomic mass is 9.96. The van der Waals surface area contributed by atoms with Crippen LogP contribution in [0.2, 0.25) is 0 Å². The third-order valence-electron chi connectivity index (χ3n) is 8.41. The first-order valence-electron chi connectivity index (χ1n) is 15.9. The second-order valence-corrected chi connectivity index (χ2v) is 14.5. The predicted octanol–water partition coefficient (Wildman–Crippen LogP) is 2.78. The Morgan fingerprint density at radius 2 is 1.67 bits per heavy atom. The Bertz CT molecular complexity index is 1380. The summed E-state index contributed by atoms with van der Waals surface area (Å²) in [5.74, 6) is -0.00480. The SMILES string of the molecule is CCC(C)[C@H](NC(=O)CN1CCCC1)C(=O)N[C@@H](Cc1ccccc1)[C@H](O)CN(CC(C)C)S(=O)(=O)c1ccc2c(c1)OCO2. The van der Waals surface area contributed by atoms with Gasteiger partial charge in [-0.1, -0.05) is 64.4 Å². The Labute approximate surface area is 267 Å². The quantitative estimate of drug-likeness (QED) is 0.254. The molecule has 45 heavy (non-hydrogen) atoms. The molecule has 4 rings (SSSR count). The third-order valence-corrected chi connectivity index (χ3v) is 10.2. The summed E-state index contributed by atoms with van der Waals surface area (Å²) in [6.45, 7) is 9.55. The fraction of sp³-hybridized carbons (Fsp3) is 0.576. The van der Waals surface area contributed by atoms with Crippen molar-refractivity contribution >= 4 is 21.8 Å². The van der Waals surface area contributed by atoms with E-state index in [2.05, 4.69) is 15.5 Å². The number of rotatable bonds is 16. The van der Waals surface area contributed by atoms with Crippen molar-refractivity contribution in [1.29, 1.82) is 0 Å². The van der Waals surface area contributed by atoms with Crippen molar-refractivity contribution in [3.05, 3.63) is 54.1 Å². The van der Waals surface area contributed by atoms with E-state index in [9.17, 15) is 23.1 Å². The second-order valence-electron chi connectivity index (χ2n) is 12.5. The molecular weight excluding hydrogens is 596 g/mol. The van der Waals surface area contributed by atoms with Gasteiger partial charge in [-0.2, -0.15) is 4.31 Å². The van der Waals surface area contributed by atoms with Crippen molar-refractivity contribution in [2.24, 2.45) is 11.8 Å². The number of likely N-dealkylation sites (tertiary alicyclic amines) is 1. The first kappa shape index (κ1) is 34.7. The molecule has 4 atom stereocenters. The summed E-state index contributed by atoms with van der Waals surface area (Å²) in [5.41, 5.74) is 0.869. The number of nitrogens with zero attached hydrogens (tertiary/aromatic N) is 2. The first-order valence-corrected chi connectivity index (χ1v) is 17.4. The van der Waals surface area contributed by atoms with Gasteiger partial charge in [-0.25, -0.2) is 8.42 Å². The van der Waals surface area contributed by atoms with Gasteiger partial charge in [0, 0.05) is 19.2 Å². The smallest absolute Gasteiger partial charge is 0.243 e. The number of nitrogens with one attached hydrogen (secondary N) is 2. The van der Waals surface area contributed by atoms with Crippen LogP contribution in [0.5, 0.6) is 11.5 Å². The molecule has 12 heteroatoms. The van der Waals surface area contributed by atoms with Gasteiger partial charge in [0.2, 0.25) is 28.6 Å². The summed E-state index contributed by atoms with van der Waals surface area (Å²) >= 11 is 0. The Kier molecular flexibility index (Phi) is 12.2. The van der Waals surface area contributed by atoms with Crippen LogP contribution in [0.1, 0.15) is 52.5 Å². The molecule has 2 heterocycles. The summed E-state index contributed by atoms with van der Waals surface area (Å²) in [4.78, 5) is 28.8. The van der Waals surface area contributed by atoms with E-state index >= 15 is 0 Å². The van der Waals surface area contributed by atoms with Crippen molar-refractivity contribution in [3.63, 3.8) is 0 Å². The van der Waals surface area contributed by atoms with Crippen molar-refractivity contribution in [3.8, 4) is 11.5 Å². The van der Waals surface area contributed by atoms with Gasteiger partial charge in [0.15, 0.2) is 11.5 Å². The molecule has 0 aromatic heterocycles. The van der Waals surface area contributed by atoms with Gasteiger partial charge in [-0.3, -0.25) is 14.5 Å². The number of hydrogen-bond donors (Lipinski definition) is 3. The highest BCUT2D eigenvalue weighted by atomic mass is 32.2. The summed E-state index contributed by atoms with van der Waals surface area (Å²) in [6, 6.07) is 12.2. The molecule has 0 saturated carbocycles. The van der Waals surface area contributed by atoms with Gasteiger partial charge in [0.05, 0.1) is 23.6 Å². The fourth-order valence-corrected chi connectivity index (χ4v) is 7.33. The van der Waals surface area contributed by atoms with Crippen LogP contribution >= 0.6 is 0 Å². The Morgan fingerprint density at radius 1 is 0.978 bits per heavy atom. The highest BCUT2D eigenvalue weighted by Gasteiger charge is 2.34. The number of sulfonamides is 1. The van der Waals surface area contributed by atoms with Gasteiger partial charge >= 0.3 is 0 Å². The van der Waals surface area contributed by atoms with E-state index in [0.29, 0.717) is 17.9 Å². The maximum absolute atomic E-state index is 13.9. The minimum absolute atomic E-state index is 0.0183. The number of aliphatic hydroxyl groups excluding tert-OH is 1. The number of hydrogen-bond acceptors (Lipinski definition) is 8. The number of benzene rings is 2. The topological polar surface area (TPSA) is 138 Å². The maximum atomic E-state index is 13.9. The number of aliphatic hydroxyl groups is 1. The van der Waals surface area contributed by atoms with E-state index in [1.54, 1.807) is 6.07 Å². The molecular formula is C33H48N4O7S. The highest BCUT2D eigenvalue weighted by molar-refractivity contribution is 7.89.